The van der Waals surface area contributed by atoms with Gasteiger partial charge in [0.25, 0.3) is 0 Å². The number of aromatic amines is 1. The van der Waals surface area contributed by atoms with E-state index in [1.54, 1.807) is 6.20 Å². The summed E-state index contributed by atoms with van der Waals surface area (Å²) in [4.78, 5) is 4.47. The number of hydroxylamine groups is 2. The van der Waals surface area contributed by atoms with Crippen LogP contribution in [0.2, 0.25) is 0 Å². The van der Waals surface area contributed by atoms with Crippen LogP contribution < -0.4 is 0 Å². The minimum atomic E-state index is -0.457. The highest BCUT2D eigenvalue weighted by molar-refractivity contribution is 5.98. The van der Waals surface area contributed by atoms with Crippen molar-refractivity contribution in [3.63, 3.8) is 0 Å². The van der Waals surface area contributed by atoms with Crippen LogP contribution >= 0.6 is 0 Å². The molecule has 0 spiro atoms. The summed E-state index contributed by atoms with van der Waals surface area (Å²) in [7, 11) is 0. The Morgan fingerprint density at radius 1 is 1.33 bits per heavy atom. The Balaban J connectivity index is 2.46. The Morgan fingerprint density at radius 2 is 2.00 bits per heavy atom. The first-order valence-electron chi connectivity index (χ1n) is 4.81. The first-order valence-corrected chi connectivity index (χ1v) is 4.81. The number of nitrogens with zero attached hydrogens (tertiary/aromatic N) is 4. The van der Waals surface area contributed by atoms with E-state index in [1.165, 1.54) is 0 Å². The summed E-state index contributed by atoms with van der Waals surface area (Å²) in [5, 5.41) is 21.3. The zero-order valence-corrected chi connectivity index (χ0v) is 9.31. The molecule has 1 aliphatic heterocycles. The SMILES string of the molecule is CC1(C)N=C(c2cn[nH]n2)N(O)C1(C)C. The van der Waals surface area contributed by atoms with Crippen molar-refractivity contribution in [1.82, 2.24) is 20.5 Å². The van der Waals surface area contributed by atoms with Crippen LogP contribution in [-0.2, 0) is 0 Å². The van der Waals surface area contributed by atoms with Crippen molar-refractivity contribution in [1.29, 1.82) is 0 Å². The molecule has 2 N–H and O–H groups in total. The fourth-order valence-electron chi connectivity index (χ4n) is 1.45. The molecule has 0 amide bonds. The van der Waals surface area contributed by atoms with Crippen LogP contribution in [0.1, 0.15) is 33.4 Å². The van der Waals surface area contributed by atoms with E-state index < -0.39 is 5.54 Å². The van der Waals surface area contributed by atoms with Crippen molar-refractivity contribution in [2.75, 3.05) is 0 Å². The van der Waals surface area contributed by atoms with Crippen molar-refractivity contribution in [3.8, 4) is 0 Å². The average Bonchev–Trinajstić information content (AvgIpc) is 2.69. The van der Waals surface area contributed by atoms with Gasteiger partial charge in [0, 0.05) is 0 Å². The van der Waals surface area contributed by atoms with Crippen LogP contribution in [-0.4, -0.2) is 42.6 Å². The van der Waals surface area contributed by atoms with E-state index in [4.69, 9.17) is 0 Å². The Morgan fingerprint density at radius 3 is 2.40 bits per heavy atom. The molecule has 1 aromatic rings. The lowest BCUT2D eigenvalue weighted by atomic mass is 9.84. The quantitative estimate of drug-likeness (QED) is 0.717. The number of hydrogen-bond acceptors (Lipinski definition) is 5. The molecule has 0 radical (unpaired) electrons. The maximum atomic E-state index is 10.0. The first-order chi connectivity index (χ1) is 6.86. The van der Waals surface area contributed by atoms with Crippen molar-refractivity contribution < 1.29 is 5.21 Å². The van der Waals surface area contributed by atoms with Gasteiger partial charge in [-0.05, 0) is 27.7 Å². The van der Waals surface area contributed by atoms with E-state index in [-0.39, 0.29) is 5.54 Å². The van der Waals surface area contributed by atoms with Crippen molar-refractivity contribution >= 4 is 5.84 Å². The average molecular weight is 209 g/mol. The van der Waals surface area contributed by atoms with E-state index in [0.29, 0.717) is 11.5 Å². The number of amidine groups is 1. The topological polar surface area (TPSA) is 77.4 Å². The number of nitrogens with one attached hydrogen (secondary N) is 1. The van der Waals surface area contributed by atoms with Crippen molar-refractivity contribution in [3.05, 3.63) is 11.9 Å². The van der Waals surface area contributed by atoms with Crippen LogP contribution in [0.5, 0.6) is 0 Å². The smallest absolute Gasteiger partial charge is 0.178 e. The largest absolute Gasteiger partial charge is 0.286 e. The number of aromatic nitrogens is 3. The highest BCUT2D eigenvalue weighted by Gasteiger charge is 2.49. The van der Waals surface area contributed by atoms with Gasteiger partial charge in [0.1, 0.15) is 5.69 Å². The van der Waals surface area contributed by atoms with Crippen LogP contribution in [0.4, 0.5) is 0 Å². The van der Waals surface area contributed by atoms with E-state index in [1.807, 2.05) is 27.7 Å². The minimum Gasteiger partial charge on any atom is -0.286 e. The van der Waals surface area contributed by atoms with Gasteiger partial charge in [0.05, 0.1) is 17.3 Å². The Hall–Kier alpha value is -1.43. The third-order valence-corrected chi connectivity index (χ3v) is 3.26. The number of aliphatic imine (C=N–C) groups is 1. The number of rotatable bonds is 1. The molecule has 0 bridgehead atoms. The molecule has 0 aliphatic carbocycles. The monoisotopic (exact) mass is 209 g/mol. The first kappa shape index (κ1) is 10.1. The summed E-state index contributed by atoms with van der Waals surface area (Å²) < 4.78 is 0. The second-order valence-electron chi connectivity index (χ2n) is 4.72. The summed E-state index contributed by atoms with van der Waals surface area (Å²) in [6.45, 7) is 7.82. The molecule has 2 rings (SSSR count). The number of H-pyrrole nitrogens is 1. The van der Waals surface area contributed by atoms with Gasteiger partial charge in [-0.25, -0.2) is 5.06 Å². The Bertz CT molecular complexity index is 393. The van der Waals surface area contributed by atoms with Gasteiger partial charge in [0.2, 0.25) is 0 Å². The molecule has 6 nitrogen and oxygen atoms in total. The van der Waals surface area contributed by atoms with Crippen molar-refractivity contribution in [2.24, 2.45) is 4.99 Å². The van der Waals surface area contributed by atoms with Crippen LogP contribution in [0.25, 0.3) is 0 Å². The maximum Gasteiger partial charge on any atom is 0.178 e. The van der Waals surface area contributed by atoms with Gasteiger partial charge >= 0.3 is 0 Å². The summed E-state index contributed by atoms with van der Waals surface area (Å²) in [6.07, 6.45) is 1.54. The second-order valence-corrected chi connectivity index (χ2v) is 4.72. The molecule has 6 heteroatoms. The lowest BCUT2D eigenvalue weighted by Gasteiger charge is -2.36. The van der Waals surface area contributed by atoms with Crippen LogP contribution in [0, 0.1) is 0 Å². The van der Waals surface area contributed by atoms with Gasteiger partial charge in [-0.2, -0.15) is 15.4 Å². The molecule has 0 unspecified atom stereocenters. The Labute approximate surface area is 88.0 Å². The normalized spacial score (nSPS) is 23.0. The molecule has 0 saturated heterocycles. The zero-order valence-electron chi connectivity index (χ0n) is 9.31. The van der Waals surface area contributed by atoms with E-state index >= 15 is 0 Å². The highest BCUT2D eigenvalue weighted by Crippen LogP contribution is 2.37. The van der Waals surface area contributed by atoms with Gasteiger partial charge in [0.15, 0.2) is 5.84 Å². The van der Waals surface area contributed by atoms with E-state index in [0.717, 1.165) is 5.06 Å². The second kappa shape index (κ2) is 2.79. The third-order valence-electron chi connectivity index (χ3n) is 3.26. The minimum absolute atomic E-state index is 0.365. The molecule has 15 heavy (non-hydrogen) atoms. The van der Waals surface area contributed by atoms with Crippen molar-refractivity contribution in [2.45, 2.75) is 38.8 Å². The molecule has 2 heterocycles. The number of hydrogen-bond donors (Lipinski definition) is 2. The van der Waals surface area contributed by atoms with Gasteiger partial charge in [-0.15, -0.1) is 0 Å². The lowest BCUT2D eigenvalue weighted by Crippen LogP contribution is -2.51. The van der Waals surface area contributed by atoms with Crippen LogP contribution in [0.15, 0.2) is 11.2 Å². The Kier molecular flexibility index (Phi) is 1.88. The van der Waals surface area contributed by atoms with E-state index in [2.05, 4.69) is 20.4 Å². The van der Waals surface area contributed by atoms with Crippen LogP contribution in [0.3, 0.4) is 0 Å². The molecule has 0 aromatic carbocycles. The maximum absolute atomic E-state index is 10.0. The summed E-state index contributed by atoms with van der Waals surface area (Å²) in [6, 6.07) is 0. The van der Waals surface area contributed by atoms with Gasteiger partial charge < -0.3 is 0 Å². The molecule has 1 aromatic heterocycles. The third kappa shape index (κ3) is 1.25. The summed E-state index contributed by atoms with van der Waals surface area (Å²) >= 11 is 0. The van der Waals surface area contributed by atoms with Gasteiger partial charge in [-0.1, -0.05) is 0 Å². The molecule has 0 atom stereocenters. The predicted molar refractivity (Wildman–Crippen MR) is 54.7 cm³/mol. The fourth-order valence-corrected chi connectivity index (χ4v) is 1.45. The van der Waals surface area contributed by atoms with E-state index in [9.17, 15) is 5.21 Å². The fraction of sp³-hybridized carbons (Fsp3) is 0.667. The highest BCUT2D eigenvalue weighted by atomic mass is 16.5. The lowest BCUT2D eigenvalue weighted by molar-refractivity contribution is -0.0993. The molecule has 1 aliphatic rings. The summed E-state index contributed by atoms with van der Waals surface area (Å²) in [5.41, 5.74) is -0.270. The molecule has 82 valence electrons. The zero-order chi connectivity index (χ0) is 11.3. The molecule has 0 fully saturated rings. The van der Waals surface area contributed by atoms with Gasteiger partial charge in [-0.3, -0.25) is 10.2 Å². The summed E-state index contributed by atoms with van der Waals surface area (Å²) in [5.74, 6) is 0.457. The predicted octanol–water partition coefficient (Wildman–Crippen LogP) is 0.813. The molecular formula is C9H15N5O. The standard InChI is InChI=1S/C9H15N5O/c1-8(2)9(3,4)14(15)7(11-8)6-5-10-13-12-6/h5,15H,1-4H3,(H,10,12,13). The molecule has 0 saturated carbocycles. The molecular weight excluding hydrogens is 194 g/mol.